The molecule has 4 nitrogen and oxygen atoms in total. The quantitative estimate of drug-likeness (QED) is 0.806. The molecule has 0 bridgehead atoms. The molecule has 0 aromatic heterocycles. The zero-order valence-electron chi connectivity index (χ0n) is 12.8. The summed E-state index contributed by atoms with van der Waals surface area (Å²) in [4.78, 5) is 12.2. The molecule has 0 saturated heterocycles. The minimum absolute atomic E-state index is 0.0752. The molecule has 1 aromatic carbocycles. The van der Waals surface area contributed by atoms with Crippen LogP contribution in [0.1, 0.15) is 45.2 Å². The summed E-state index contributed by atoms with van der Waals surface area (Å²) in [5.41, 5.74) is 6.97. The number of methoxy groups -OCH3 is 1. The molecular formula is C16H26N2O2. The first kappa shape index (κ1) is 16.5. The first-order chi connectivity index (χ1) is 9.54. The van der Waals surface area contributed by atoms with Crippen molar-refractivity contribution in [1.82, 2.24) is 5.32 Å². The Labute approximate surface area is 121 Å². The Bertz CT molecular complexity index is 434. The van der Waals surface area contributed by atoms with E-state index in [9.17, 15) is 4.79 Å². The summed E-state index contributed by atoms with van der Waals surface area (Å²) >= 11 is 0. The van der Waals surface area contributed by atoms with Crippen LogP contribution in [0.4, 0.5) is 0 Å². The van der Waals surface area contributed by atoms with E-state index in [-0.39, 0.29) is 17.9 Å². The fourth-order valence-electron chi connectivity index (χ4n) is 2.13. The summed E-state index contributed by atoms with van der Waals surface area (Å²) in [6.07, 6.45) is 1.68. The molecule has 2 unspecified atom stereocenters. The van der Waals surface area contributed by atoms with Crippen LogP contribution in [0.15, 0.2) is 24.3 Å². The zero-order chi connectivity index (χ0) is 15.1. The van der Waals surface area contributed by atoms with Crippen LogP contribution >= 0.6 is 0 Å². The third kappa shape index (κ3) is 3.97. The Balaban J connectivity index is 2.84. The molecule has 4 heteroatoms. The van der Waals surface area contributed by atoms with Crippen molar-refractivity contribution in [2.45, 2.75) is 45.7 Å². The lowest BCUT2D eigenvalue weighted by Crippen LogP contribution is -2.45. The Morgan fingerprint density at radius 3 is 2.50 bits per heavy atom. The zero-order valence-corrected chi connectivity index (χ0v) is 12.8. The van der Waals surface area contributed by atoms with Gasteiger partial charge in [-0.05, 0) is 18.4 Å². The molecule has 1 rings (SSSR count). The van der Waals surface area contributed by atoms with Crippen LogP contribution in [0.25, 0.3) is 0 Å². The van der Waals surface area contributed by atoms with Crippen molar-refractivity contribution in [1.29, 1.82) is 0 Å². The highest BCUT2D eigenvalue weighted by Gasteiger charge is 2.23. The van der Waals surface area contributed by atoms with E-state index in [1.165, 1.54) is 0 Å². The highest BCUT2D eigenvalue weighted by atomic mass is 16.5. The lowest BCUT2D eigenvalue weighted by molar-refractivity contribution is -0.124. The topological polar surface area (TPSA) is 64.4 Å². The highest BCUT2D eigenvalue weighted by molar-refractivity contribution is 5.82. The van der Waals surface area contributed by atoms with Gasteiger partial charge < -0.3 is 15.8 Å². The van der Waals surface area contributed by atoms with Crippen LogP contribution < -0.4 is 15.8 Å². The maximum atomic E-state index is 12.2. The number of nitrogens with one attached hydrogen (secondary N) is 1. The molecule has 3 atom stereocenters. The Hall–Kier alpha value is -1.55. The molecule has 0 saturated carbocycles. The van der Waals surface area contributed by atoms with E-state index < -0.39 is 6.04 Å². The Kier molecular flexibility index (Phi) is 6.52. The lowest BCUT2D eigenvalue weighted by Gasteiger charge is -2.24. The fraction of sp³-hybridized carbons (Fsp3) is 0.562. The van der Waals surface area contributed by atoms with Gasteiger partial charge in [0.15, 0.2) is 0 Å². The van der Waals surface area contributed by atoms with Crippen molar-refractivity contribution >= 4 is 5.91 Å². The van der Waals surface area contributed by atoms with Gasteiger partial charge in [-0.1, -0.05) is 45.4 Å². The van der Waals surface area contributed by atoms with Gasteiger partial charge in [0, 0.05) is 5.56 Å². The first-order valence-corrected chi connectivity index (χ1v) is 7.23. The van der Waals surface area contributed by atoms with Gasteiger partial charge in [-0.2, -0.15) is 0 Å². The number of amides is 1. The maximum absolute atomic E-state index is 12.2. The van der Waals surface area contributed by atoms with Gasteiger partial charge in [-0.15, -0.1) is 0 Å². The number of carbonyl (C=O) groups excluding carboxylic acids is 1. The molecule has 0 aliphatic heterocycles. The molecular weight excluding hydrogens is 252 g/mol. The number of hydrogen-bond acceptors (Lipinski definition) is 3. The second kappa shape index (κ2) is 7.90. The normalized spacial score (nSPS) is 15.2. The van der Waals surface area contributed by atoms with Crippen LogP contribution in [0, 0.1) is 5.92 Å². The second-order valence-corrected chi connectivity index (χ2v) is 5.12. The molecule has 1 amide bonds. The molecule has 0 radical (unpaired) electrons. The van der Waals surface area contributed by atoms with Gasteiger partial charge in [0.05, 0.1) is 19.2 Å². The molecule has 0 aliphatic carbocycles. The van der Waals surface area contributed by atoms with Gasteiger partial charge in [-0.25, -0.2) is 0 Å². The van der Waals surface area contributed by atoms with Crippen LogP contribution in [0.2, 0.25) is 0 Å². The molecule has 1 aromatic rings. The van der Waals surface area contributed by atoms with E-state index in [0.29, 0.717) is 0 Å². The highest BCUT2D eigenvalue weighted by Crippen LogP contribution is 2.27. The summed E-state index contributed by atoms with van der Waals surface area (Å²) in [5.74, 6) is 0.860. The van der Waals surface area contributed by atoms with Crippen molar-refractivity contribution in [3.63, 3.8) is 0 Å². The number of rotatable bonds is 7. The number of para-hydroxylation sites is 1. The molecule has 0 aliphatic rings. The average Bonchev–Trinajstić information content (AvgIpc) is 2.50. The third-order valence-corrected chi connectivity index (χ3v) is 3.80. The SMILES string of the molecule is CCC(NC(=O)[C@@H](N)C(C)CC)c1ccccc1OC. The maximum Gasteiger partial charge on any atom is 0.237 e. The summed E-state index contributed by atoms with van der Waals surface area (Å²) in [7, 11) is 1.64. The van der Waals surface area contributed by atoms with E-state index in [4.69, 9.17) is 10.5 Å². The predicted octanol–water partition coefficient (Wildman–Crippen LogP) is 2.64. The number of ether oxygens (including phenoxy) is 1. The van der Waals surface area contributed by atoms with E-state index in [0.717, 1.165) is 24.2 Å². The van der Waals surface area contributed by atoms with Crippen LogP contribution in [0.5, 0.6) is 5.75 Å². The summed E-state index contributed by atoms with van der Waals surface area (Å²) in [5, 5.41) is 3.03. The van der Waals surface area contributed by atoms with E-state index >= 15 is 0 Å². The van der Waals surface area contributed by atoms with E-state index in [1.807, 2.05) is 45.0 Å². The van der Waals surface area contributed by atoms with Gasteiger partial charge in [0.1, 0.15) is 5.75 Å². The van der Waals surface area contributed by atoms with Crippen molar-refractivity contribution in [3.8, 4) is 5.75 Å². The van der Waals surface area contributed by atoms with Crippen molar-refractivity contribution in [3.05, 3.63) is 29.8 Å². The molecule has 3 N–H and O–H groups in total. The number of nitrogens with two attached hydrogens (primary N) is 1. The summed E-state index contributed by atoms with van der Waals surface area (Å²) in [6.45, 7) is 6.07. The van der Waals surface area contributed by atoms with E-state index in [1.54, 1.807) is 7.11 Å². The smallest absolute Gasteiger partial charge is 0.237 e. The number of carbonyl (C=O) groups is 1. The number of hydrogen-bond donors (Lipinski definition) is 2. The van der Waals surface area contributed by atoms with Crippen molar-refractivity contribution < 1.29 is 9.53 Å². The molecule has 20 heavy (non-hydrogen) atoms. The van der Waals surface area contributed by atoms with Gasteiger partial charge in [0.25, 0.3) is 0 Å². The first-order valence-electron chi connectivity index (χ1n) is 7.23. The molecule has 0 heterocycles. The van der Waals surface area contributed by atoms with Crippen LogP contribution in [-0.2, 0) is 4.79 Å². The molecule has 0 spiro atoms. The second-order valence-electron chi connectivity index (χ2n) is 5.12. The molecule has 112 valence electrons. The standard InChI is InChI=1S/C16H26N2O2/c1-5-11(3)15(17)16(19)18-13(6-2)12-9-7-8-10-14(12)20-4/h7-11,13,15H,5-6,17H2,1-4H3,(H,18,19)/t11?,13?,15-/m0/s1. The van der Waals surface area contributed by atoms with Gasteiger partial charge in [-0.3, -0.25) is 4.79 Å². The van der Waals surface area contributed by atoms with Crippen LogP contribution in [-0.4, -0.2) is 19.1 Å². The van der Waals surface area contributed by atoms with Crippen molar-refractivity contribution in [2.24, 2.45) is 11.7 Å². The minimum atomic E-state index is -0.469. The number of benzene rings is 1. The predicted molar refractivity (Wildman–Crippen MR) is 81.6 cm³/mol. The average molecular weight is 278 g/mol. The fourth-order valence-corrected chi connectivity index (χ4v) is 2.13. The Morgan fingerprint density at radius 1 is 1.30 bits per heavy atom. The third-order valence-electron chi connectivity index (χ3n) is 3.80. The van der Waals surface area contributed by atoms with Gasteiger partial charge >= 0.3 is 0 Å². The monoisotopic (exact) mass is 278 g/mol. The minimum Gasteiger partial charge on any atom is -0.496 e. The van der Waals surface area contributed by atoms with Crippen LogP contribution in [0.3, 0.4) is 0 Å². The van der Waals surface area contributed by atoms with Gasteiger partial charge in [0.2, 0.25) is 5.91 Å². The summed E-state index contributed by atoms with van der Waals surface area (Å²) in [6, 6.07) is 7.20. The Morgan fingerprint density at radius 2 is 1.95 bits per heavy atom. The molecule has 0 fully saturated rings. The van der Waals surface area contributed by atoms with E-state index in [2.05, 4.69) is 5.32 Å². The lowest BCUT2D eigenvalue weighted by atomic mass is 9.97. The summed E-state index contributed by atoms with van der Waals surface area (Å²) < 4.78 is 5.36. The largest absolute Gasteiger partial charge is 0.496 e. The van der Waals surface area contributed by atoms with Crippen molar-refractivity contribution in [2.75, 3.05) is 7.11 Å².